The van der Waals surface area contributed by atoms with Crippen LogP contribution in [0.5, 0.6) is 0 Å². The molecule has 3 fully saturated rings. The molecule has 1 aromatic carbocycles. The Hall–Kier alpha value is -1.40. The summed E-state index contributed by atoms with van der Waals surface area (Å²) in [4.78, 5) is 4.89. The first-order chi connectivity index (χ1) is 16.2. The first kappa shape index (κ1) is 23.0. The number of hydrogen-bond donors (Lipinski definition) is 3. The minimum Gasteiger partial charge on any atom is -0.389 e. The molecular formula is C28H35ClN2O2S. The lowest BCUT2D eigenvalue weighted by atomic mass is 9.46. The second kappa shape index (κ2) is 8.06. The van der Waals surface area contributed by atoms with Gasteiger partial charge < -0.3 is 15.5 Å². The number of aliphatic hydroxyl groups excluding tert-OH is 1. The molecule has 1 aromatic heterocycles. The number of rotatable bonds is 3. The van der Waals surface area contributed by atoms with Gasteiger partial charge in [0.2, 0.25) is 0 Å². The number of nitrogens with one attached hydrogen (secondary N) is 1. The number of benzene rings is 1. The predicted molar refractivity (Wildman–Crippen MR) is 138 cm³/mol. The van der Waals surface area contributed by atoms with Gasteiger partial charge in [0.05, 0.1) is 11.8 Å². The van der Waals surface area contributed by atoms with Crippen LogP contribution in [0.15, 0.2) is 41.3 Å². The minimum absolute atomic E-state index is 0.151. The van der Waals surface area contributed by atoms with Crippen molar-refractivity contribution in [2.75, 3.05) is 5.32 Å². The average Bonchev–Trinajstić information content (AvgIpc) is 3.37. The van der Waals surface area contributed by atoms with Crippen molar-refractivity contribution in [3.05, 3.63) is 52.0 Å². The fourth-order valence-electron chi connectivity index (χ4n) is 8.36. The van der Waals surface area contributed by atoms with Gasteiger partial charge in [-0.1, -0.05) is 43.2 Å². The van der Waals surface area contributed by atoms with Crippen LogP contribution in [0.2, 0.25) is 5.02 Å². The highest BCUT2D eigenvalue weighted by Gasteiger charge is 2.65. The maximum atomic E-state index is 12.2. The number of aliphatic hydroxyl groups is 2. The second-order valence-electron chi connectivity index (χ2n) is 11.7. The van der Waals surface area contributed by atoms with E-state index in [0.29, 0.717) is 22.8 Å². The molecule has 3 N–H and O–H groups in total. The van der Waals surface area contributed by atoms with E-state index in [0.717, 1.165) is 61.5 Å². The molecule has 0 spiro atoms. The molecule has 0 radical (unpaired) electrons. The Kier molecular flexibility index (Phi) is 5.46. The number of allylic oxidation sites excluding steroid dienone is 1. The van der Waals surface area contributed by atoms with E-state index in [4.69, 9.17) is 16.6 Å². The largest absolute Gasteiger partial charge is 0.389 e. The summed E-state index contributed by atoms with van der Waals surface area (Å²) in [6.07, 6.45) is 10.2. The van der Waals surface area contributed by atoms with Crippen LogP contribution >= 0.6 is 22.9 Å². The van der Waals surface area contributed by atoms with Crippen molar-refractivity contribution < 1.29 is 10.2 Å². The molecular weight excluding hydrogens is 464 g/mol. The van der Waals surface area contributed by atoms with Crippen LogP contribution in [0.1, 0.15) is 70.9 Å². The van der Waals surface area contributed by atoms with Gasteiger partial charge in [0, 0.05) is 21.5 Å². The lowest BCUT2D eigenvalue weighted by Crippen LogP contribution is -2.54. The molecule has 0 unspecified atom stereocenters. The van der Waals surface area contributed by atoms with Gasteiger partial charge in [-0.15, -0.1) is 11.3 Å². The van der Waals surface area contributed by atoms with Gasteiger partial charge in [0.1, 0.15) is 5.60 Å². The Labute approximate surface area is 211 Å². The smallest absolute Gasteiger partial charge is 0.187 e. The van der Waals surface area contributed by atoms with Crippen molar-refractivity contribution in [2.24, 2.45) is 28.6 Å². The number of halogens is 1. The molecule has 4 aliphatic rings. The summed E-state index contributed by atoms with van der Waals surface area (Å²) in [6.45, 7) is 4.79. The molecule has 0 amide bonds. The molecule has 4 nitrogen and oxygen atoms in total. The second-order valence-corrected chi connectivity index (χ2v) is 13.0. The summed E-state index contributed by atoms with van der Waals surface area (Å²) in [5.74, 6) is 1.83. The SMILES string of the molecule is C[C@]12CC[C@H](O)C=C1CC[C@@H]1[C@@H]2CC[C@@]2(C)[C@H]1CC[C@]2(O)c1csc(Nc2cccc(Cl)c2)n1. The Morgan fingerprint density at radius 3 is 2.74 bits per heavy atom. The molecule has 0 saturated heterocycles. The van der Waals surface area contributed by atoms with Gasteiger partial charge in [0.25, 0.3) is 0 Å². The fraction of sp³-hybridized carbons (Fsp3) is 0.607. The molecule has 0 aliphatic heterocycles. The summed E-state index contributed by atoms with van der Waals surface area (Å²) in [7, 11) is 0. The van der Waals surface area contributed by atoms with Crippen molar-refractivity contribution in [1.29, 1.82) is 0 Å². The summed E-state index contributed by atoms with van der Waals surface area (Å²) in [5.41, 5.74) is 2.43. The number of fused-ring (bicyclic) bond motifs is 5. The van der Waals surface area contributed by atoms with Crippen molar-refractivity contribution in [2.45, 2.75) is 76.9 Å². The van der Waals surface area contributed by atoms with Gasteiger partial charge >= 0.3 is 0 Å². The first-order valence-electron chi connectivity index (χ1n) is 12.8. The molecule has 34 heavy (non-hydrogen) atoms. The quantitative estimate of drug-likeness (QED) is 0.396. The maximum absolute atomic E-state index is 12.2. The molecule has 0 bridgehead atoms. The van der Waals surface area contributed by atoms with Crippen molar-refractivity contribution >= 4 is 33.8 Å². The van der Waals surface area contributed by atoms with Crippen LogP contribution in [0.25, 0.3) is 0 Å². The normalized spacial score (nSPS) is 41.3. The summed E-state index contributed by atoms with van der Waals surface area (Å²) < 4.78 is 0. The Balaban J connectivity index is 1.27. The zero-order valence-corrected chi connectivity index (χ0v) is 21.6. The van der Waals surface area contributed by atoms with E-state index in [9.17, 15) is 10.2 Å². The number of anilines is 2. The lowest BCUT2D eigenvalue weighted by molar-refractivity contribution is -0.134. The molecule has 2 aromatic rings. The molecule has 4 aliphatic carbocycles. The van der Waals surface area contributed by atoms with Crippen molar-refractivity contribution in [3.63, 3.8) is 0 Å². The van der Waals surface area contributed by atoms with Crippen LogP contribution in [-0.4, -0.2) is 21.3 Å². The van der Waals surface area contributed by atoms with Gasteiger partial charge in [-0.05, 0) is 92.7 Å². The topological polar surface area (TPSA) is 65.4 Å². The monoisotopic (exact) mass is 498 g/mol. The number of thiazole rings is 1. The minimum atomic E-state index is -0.882. The number of hydrogen-bond acceptors (Lipinski definition) is 5. The fourth-order valence-corrected chi connectivity index (χ4v) is 9.35. The molecule has 7 atom stereocenters. The van der Waals surface area contributed by atoms with Crippen LogP contribution in [-0.2, 0) is 5.60 Å². The standard InChI is InChI=1S/C28H35ClN2O2S/c1-26-11-8-20(32)14-17(26)6-7-21-22(26)9-12-27(2)23(21)10-13-28(27,33)24-16-34-25(31-24)30-19-5-3-4-18(29)15-19/h3-5,14-16,20-23,32-33H,6-13H2,1-2H3,(H,30,31)/t20-,21+,22-,23-,26-,27-,28-/m0/s1. The lowest BCUT2D eigenvalue weighted by Gasteiger charge is -2.59. The van der Waals surface area contributed by atoms with E-state index < -0.39 is 5.60 Å². The molecule has 6 heteroatoms. The number of aromatic nitrogens is 1. The average molecular weight is 499 g/mol. The first-order valence-corrected chi connectivity index (χ1v) is 14.1. The third-order valence-corrected chi connectivity index (χ3v) is 11.2. The van der Waals surface area contributed by atoms with Crippen molar-refractivity contribution in [1.82, 2.24) is 4.98 Å². The Morgan fingerprint density at radius 2 is 1.91 bits per heavy atom. The molecule has 3 saturated carbocycles. The third kappa shape index (κ3) is 3.34. The summed E-state index contributed by atoms with van der Waals surface area (Å²) >= 11 is 7.69. The Morgan fingerprint density at radius 1 is 1.09 bits per heavy atom. The van der Waals surface area contributed by atoms with Gasteiger partial charge in [-0.3, -0.25) is 0 Å². The number of nitrogens with zero attached hydrogens (tertiary/aromatic N) is 1. The zero-order chi connectivity index (χ0) is 23.7. The molecule has 182 valence electrons. The van der Waals surface area contributed by atoms with Crippen LogP contribution in [0.4, 0.5) is 10.8 Å². The van der Waals surface area contributed by atoms with E-state index in [1.54, 1.807) is 11.3 Å². The van der Waals surface area contributed by atoms with Crippen LogP contribution < -0.4 is 5.32 Å². The van der Waals surface area contributed by atoms with E-state index >= 15 is 0 Å². The summed E-state index contributed by atoms with van der Waals surface area (Å²) in [6, 6.07) is 7.65. The van der Waals surface area contributed by atoms with E-state index in [-0.39, 0.29) is 16.9 Å². The highest BCUT2D eigenvalue weighted by atomic mass is 35.5. The van der Waals surface area contributed by atoms with E-state index in [1.165, 1.54) is 12.0 Å². The van der Waals surface area contributed by atoms with Crippen molar-refractivity contribution in [3.8, 4) is 0 Å². The van der Waals surface area contributed by atoms with Gasteiger partial charge in [0.15, 0.2) is 5.13 Å². The Bertz CT molecular complexity index is 1130. The van der Waals surface area contributed by atoms with Crippen LogP contribution in [0, 0.1) is 28.6 Å². The summed E-state index contributed by atoms with van der Waals surface area (Å²) in [5, 5.41) is 29.3. The zero-order valence-electron chi connectivity index (χ0n) is 20.1. The van der Waals surface area contributed by atoms with Gasteiger partial charge in [-0.2, -0.15) is 0 Å². The highest BCUT2D eigenvalue weighted by Crippen LogP contribution is 2.69. The van der Waals surface area contributed by atoms with E-state index in [1.807, 2.05) is 24.3 Å². The highest BCUT2D eigenvalue weighted by molar-refractivity contribution is 7.13. The molecule has 1 heterocycles. The molecule has 6 rings (SSSR count). The maximum Gasteiger partial charge on any atom is 0.187 e. The predicted octanol–water partition coefficient (Wildman–Crippen LogP) is 7.05. The van der Waals surface area contributed by atoms with E-state index in [2.05, 4.69) is 30.6 Å². The third-order valence-electron chi connectivity index (χ3n) is 10.2. The van der Waals surface area contributed by atoms with Gasteiger partial charge in [-0.25, -0.2) is 4.98 Å². The van der Waals surface area contributed by atoms with Crippen LogP contribution in [0.3, 0.4) is 0 Å².